The van der Waals surface area contributed by atoms with E-state index in [0.29, 0.717) is 54.5 Å². The number of likely N-dealkylation sites (N-methyl/N-ethyl adjacent to an activating group) is 1. The maximum atomic E-state index is 13.8. The summed E-state index contributed by atoms with van der Waals surface area (Å²) in [7, 11) is 2.96. The number of pyridine rings is 1. The van der Waals surface area contributed by atoms with E-state index in [-0.39, 0.29) is 57.7 Å². The Hall–Kier alpha value is -6.04. The van der Waals surface area contributed by atoms with Crippen LogP contribution in [-0.2, 0) is 4.79 Å². The average molecular weight is 868 g/mol. The first-order chi connectivity index (χ1) is 28.8. The van der Waals surface area contributed by atoms with Crippen LogP contribution in [0.25, 0.3) is 22.4 Å². The van der Waals surface area contributed by atoms with Crippen LogP contribution >= 0.6 is 11.6 Å². The van der Waals surface area contributed by atoms with E-state index in [1.165, 1.54) is 19.3 Å². The van der Waals surface area contributed by atoms with Crippen LogP contribution in [0.4, 0.5) is 34.3 Å². The molecule has 0 bridgehead atoms. The Balaban J connectivity index is 1.19. The molecule has 2 saturated heterocycles. The number of likely N-dealkylation sites (tertiary alicyclic amines) is 1. The van der Waals surface area contributed by atoms with Crippen molar-refractivity contribution in [1.82, 2.24) is 35.0 Å². The fourth-order valence-electron chi connectivity index (χ4n) is 8.06. The smallest absolute Gasteiger partial charge is 0.465 e. The van der Waals surface area contributed by atoms with Gasteiger partial charge in [-0.25, -0.2) is 19.6 Å². The number of piperazine rings is 1. The summed E-state index contributed by atoms with van der Waals surface area (Å²) in [5.74, 6) is -0.571. The van der Waals surface area contributed by atoms with Crippen molar-refractivity contribution in [2.24, 2.45) is 11.8 Å². The molecule has 2 aliphatic heterocycles. The van der Waals surface area contributed by atoms with Gasteiger partial charge in [0.1, 0.15) is 23.4 Å². The number of imidazole rings is 1. The number of nitrogens with one attached hydrogen (secondary N) is 3. The first-order valence-electron chi connectivity index (χ1n) is 19.8. The monoisotopic (exact) mass is 867 g/mol. The van der Waals surface area contributed by atoms with Gasteiger partial charge in [-0.05, 0) is 61.4 Å². The largest absolute Gasteiger partial charge is 0.573 e. The van der Waals surface area contributed by atoms with Crippen molar-refractivity contribution in [2.45, 2.75) is 71.6 Å². The third-order valence-electron chi connectivity index (χ3n) is 11.1. The first kappa shape index (κ1) is 44.5. The van der Waals surface area contributed by atoms with Crippen LogP contribution in [0.1, 0.15) is 63.3 Å². The van der Waals surface area contributed by atoms with Gasteiger partial charge < -0.3 is 40.2 Å². The van der Waals surface area contributed by atoms with Gasteiger partial charge in [0.05, 0.1) is 34.2 Å². The molecule has 15 nitrogen and oxygen atoms in total. The van der Waals surface area contributed by atoms with Gasteiger partial charge in [-0.2, -0.15) is 0 Å². The molecule has 6 rings (SSSR count). The highest BCUT2D eigenvalue weighted by molar-refractivity contribution is 6.34. The number of carbonyl (C=O) groups is 4. The Morgan fingerprint density at radius 3 is 2.25 bits per heavy atom. The second-order valence-corrected chi connectivity index (χ2v) is 16.4. The van der Waals surface area contributed by atoms with Gasteiger partial charge >= 0.3 is 18.5 Å². The number of hydrogen-bond donors (Lipinski definition) is 4. The zero-order valence-corrected chi connectivity index (χ0v) is 35.5. The molecule has 5 amide bonds. The fourth-order valence-corrected chi connectivity index (χ4v) is 8.27. The van der Waals surface area contributed by atoms with E-state index in [4.69, 9.17) is 11.6 Å². The number of hydrogen-bond acceptors (Lipinski definition) is 8. The van der Waals surface area contributed by atoms with Gasteiger partial charge in [-0.15, -0.1) is 13.2 Å². The van der Waals surface area contributed by atoms with Gasteiger partial charge in [-0.3, -0.25) is 14.5 Å². The summed E-state index contributed by atoms with van der Waals surface area (Å²) in [6.07, 6.45) is -2.69. The Morgan fingerprint density at radius 1 is 0.951 bits per heavy atom. The van der Waals surface area contributed by atoms with Crippen LogP contribution in [0.5, 0.6) is 5.75 Å². The molecule has 4 aromatic rings. The van der Waals surface area contributed by atoms with Crippen LogP contribution in [-0.4, -0.2) is 117 Å². The van der Waals surface area contributed by atoms with Crippen LogP contribution < -0.4 is 20.3 Å². The minimum atomic E-state index is -5.07. The summed E-state index contributed by atoms with van der Waals surface area (Å²) >= 11 is 6.58. The number of H-pyrrole nitrogens is 1. The van der Waals surface area contributed by atoms with Crippen LogP contribution in [0.15, 0.2) is 60.9 Å². The van der Waals surface area contributed by atoms with E-state index in [1.54, 1.807) is 73.3 Å². The second-order valence-electron chi connectivity index (χ2n) is 16.0. The Morgan fingerprint density at radius 2 is 1.64 bits per heavy atom. The average Bonchev–Trinajstić information content (AvgIpc) is 3.86. The first-order valence-corrected chi connectivity index (χ1v) is 20.2. The molecule has 2 fully saturated rings. The van der Waals surface area contributed by atoms with E-state index < -0.39 is 36.2 Å². The van der Waals surface area contributed by atoms with Crippen molar-refractivity contribution in [3.05, 3.63) is 77.3 Å². The molecule has 0 radical (unpaired) electrons. The Bertz CT molecular complexity index is 2260. The summed E-state index contributed by atoms with van der Waals surface area (Å²) in [5.41, 5.74) is 1.62. The number of carboxylic acid groups (broad SMARTS) is 1. The zero-order valence-electron chi connectivity index (χ0n) is 34.7. The minimum absolute atomic E-state index is 0.0168. The molecule has 5 atom stereocenters. The quantitative estimate of drug-likeness (QED) is 0.124. The zero-order chi connectivity index (χ0) is 44.5. The summed E-state index contributed by atoms with van der Waals surface area (Å²) < 4.78 is 45.7. The highest BCUT2D eigenvalue weighted by Gasteiger charge is 2.42. The normalized spacial score (nSPS) is 19.8. The number of ether oxygens (including phenoxy) is 1. The Kier molecular flexibility index (Phi) is 13.1. The third kappa shape index (κ3) is 9.79. The summed E-state index contributed by atoms with van der Waals surface area (Å²) in [6.45, 7) is 10.9. The van der Waals surface area contributed by atoms with Crippen LogP contribution in [0.2, 0.25) is 5.02 Å². The van der Waals surface area contributed by atoms with Crippen molar-refractivity contribution in [3.63, 3.8) is 0 Å². The van der Waals surface area contributed by atoms with Crippen molar-refractivity contribution in [3.8, 4) is 28.1 Å². The van der Waals surface area contributed by atoms with Gasteiger partial charge in [0.15, 0.2) is 0 Å². The molecular weight excluding hydrogens is 819 g/mol. The van der Waals surface area contributed by atoms with E-state index in [2.05, 4.69) is 30.3 Å². The lowest BCUT2D eigenvalue weighted by molar-refractivity contribution is -0.274. The van der Waals surface area contributed by atoms with Gasteiger partial charge in [-0.1, -0.05) is 56.6 Å². The van der Waals surface area contributed by atoms with E-state index in [1.807, 2.05) is 25.7 Å². The number of urea groups is 1. The number of alkyl halides is 3. The summed E-state index contributed by atoms with van der Waals surface area (Å²) in [4.78, 5) is 69.9. The lowest BCUT2D eigenvalue weighted by Crippen LogP contribution is -2.60. The number of benzene rings is 2. The molecule has 19 heteroatoms. The lowest BCUT2D eigenvalue weighted by Gasteiger charge is -2.44. The molecule has 2 aromatic carbocycles. The molecule has 4 heterocycles. The number of aromatic nitrogens is 3. The SMILES string of the molecule is CNC(=O)N1C[C@@H](C)N(c2ccc(C(=O)Nc3cc(OC(F)(F)F)c(-c4ccc(-c5cnc([C@@H]6C[C@H](C)CN6C(=O)[C@H](C(C)C)N(C)C(=O)O)[nH]5)cc4)cc3Cl)cn2)C[C@@H]1C. The molecule has 4 N–H and O–H groups in total. The van der Waals surface area contributed by atoms with Crippen LogP contribution in [0, 0.1) is 11.8 Å². The maximum absolute atomic E-state index is 13.8. The van der Waals surface area contributed by atoms with Crippen molar-refractivity contribution >= 4 is 47.0 Å². The summed E-state index contributed by atoms with van der Waals surface area (Å²) in [6, 6.07) is 10.4. The number of anilines is 2. The second kappa shape index (κ2) is 17.9. The highest BCUT2D eigenvalue weighted by atomic mass is 35.5. The summed E-state index contributed by atoms with van der Waals surface area (Å²) in [5, 5.41) is 14.8. The molecule has 61 heavy (non-hydrogen) atoms. The molecule has 0 unspecified atom stereocenters. The van der Waals surface area contributed by atoms with E-state index in [0.717, 1.165) is 11.0 Å². The third-order valence-corrected chi connectivity index (χ3v) is 11.4. The number of aromatic amines is 1. The maximum Gasteiger partial charge on any atom is 0.573 e. The Labute approximate surface area is 356 Å². The van der Waals surface area contributed by atoms with Gasteiger partial charge in [0.2, 0.25) is 5.91 Å². The van der Waals surface area contributed by atoms with Crippen LogP contribution in [0.3, 0.4) is 0 Å². The molecule has 0 aliphatic carbocycles. The van der Waals surface area contributed by atoms with Crippen molar-refractivity contribution < 1.29 is 42.2 Å². The van der Waals surface area contributed by atoms with Crippen molar-refractivity contribution in [2.75, 3.05) is 43.9 Å². The van der Waals surface area contributed by atoms with Gasteiger partial charge in [0, 0.05) is 63.6 Å². The highest BCUT2D eigenvalue weighted by Crippen LogP contribution is 2.41. The molecule has 326 valence electrons. The standard InChI is InChI=1S/C42H49ClF3N9O6/c1-22(2)36(52(7)41(59)60)39(57)55-19-23(3)14-33(55)37-49-18-32(50-37)27-10-8-26(9-11-27)29-15-30(43)31(16-34(29)61-42(44,45)46)51-38(56)28-12-13-35(48-17-28)53-20-25(5)54(21-24(53)4)40(58)47-6/h8-13,15-18,22-25,33,36H,14,19-21H2,1-7H3,(H,47,58)(H,49,50)(H,51,56)(H,59,60)/t23-,24+,25-,33-,36-/m0/s1. The molecule has 2 aromatic heterocycles. The lowest BCUT2D eigenvalue weighted by atomic mass is 10.0. The number of nitrogens with zero attached hydrogens (tertiary/aromatic N) is 6. The number of amides is 5. The van der Waals surface area contributed by atoms with Crippen molar-refractivity contribution in [1.29, 1.82) is 0 Å². The van der Waals surface area contributed by atoms with E-state index >= 15 is 0 Å². The molecular formula is C42H49ClF3N9O6. The molecule has 2 aliphatic rings. The van der Waals surface area contributed by atoms with E-state index in [9.17, 15) is 37.5 Å². The molecule has 0 saturated carbocycles. The predicted molar refractivity (Wildman–Crippen MR) is 223 cm³/mol. The van der Waals surface area contributed by atoms with Gasteiger partial charge in [0.25, 0.3) is 5.91 Å². The predicted octanol–water partition coefficient (Wildman–Crippen LogP) is 7.73. The topological polar surface area (TPSA) is 176 Å². The number of rotatable bonds is 10. The fraction of sp³-hybridized carbons (Fsp3) is 0.429. The molecule has 0 spiro atoms. The number of halogens is 4. The minimum Gasteiger partial charge on any atom is -0.465 e. The number of carbonyl (C=O) groups excluding carboxylic acids is 3.